The van der Waals surface area contributed by atoms with Crippen LogP contribution in [0.3, 0.4) is 0 Å². The highest BCUT2D eigenvalue weighted by molar-refractivity contribution is 7.98. The van der Waals surface area contributed by atoms with Crippen molar-refractivity contribution in [2.75, 3.05) is 35.7 Å². The molecule has 0 aliphatic rings. The van der Waals surface area contributed by atoms with Gasteiger partial charge < -0.3 is 10.6 Å². The summed E-state index contributed by atoms with van der Waals surface area (Å²) in [6.07, 6.45) is 3.83. The fourth-order valence-corrected chi connectivity index (χ4v) is 1.78. The highest BCUT2D eigenvalue weighted by Crippen LogP contribution is 2.19. The Balaban J connectivity index is 2.26. The van der Waals surface area contributed by atoms with Crippen molar-refractivity contribution < 1.29 is 0 Å². The van der Waals surface area contributed by atoms with Gasteiger partial charge in [0.1, 0.15) is 5.82 Å². The number of fused-ring (bicyclic) bond motifs is 1. The molecule has 0 fully saturated rings. The molecule has 0 radical (unpaired) electrons. The lowest BCUT2D eigenvalue weighted by atomic mass is 10.4. The van der Waals surface area contributed by atoms with E-state index in [1.807, 2.05) is 6.92 Å². The fourth-order valence-electron chi connectivity index (χ4n) is 1.48. The Kier molecular flexibility index (Phi) is 4.03. The summed E-state index contributed by atoms with van der Waals surface area (Å²) in [5.74, 6) is 2.49. The number of rotatable bonds is 6. The summed E-state index contributed by atoms with van der Waals surface area (Å²) >= 11 is 1.80. The molecule has 0 aliphatic heterocycles. The van der Waals surface area contributed by atoms with Gasteiger partial charge in [-0.1, -0.05) is 0 Å². The molecule has 0 atom stereocenters. The second-order valence-electron chi connectivity index (χ2n) is 3.48. The van der Waals surface area contributed by atoms with Gasteiger partial charge in [0.25, 0.3) is 0 Å². The zero-order chi connectivity index (χ0) is 12.1. The number of nitrogens with zero attached hydrogens (tertiary/aromatic N) is 3. The van der Waals surface area contributed by atoms with Crippen LogP contribution in [0.25, 0.3) is 11.0 Å². The van der Waals surface area contributed by atoms with Crippen LogP contribution in [0.15, 0.2) is 6.20 Å². The van der Waals surface area contributed by atoms with Crippen LogP contribution in [0.1, 0.15) is 6.92 Å². The molecule has 6 nitrogen and oxygen atoms in total. The molecular formula is C10H16N6S. The zero-order valence-corrected chi connectivity index (χ0v) is 10.8. The molecule has 2 aromatic rings. The number of anilines is 2. The second kappa shape index (κ2) is 5.72. The van der Waals surface area contributed by atoms with Crippen LogP contribution in [0.4, 0.5) is 11.8 Å². The second-order valence-corrected chi connectivity index (χ2v) is 4.46. The largest absolute Gasteiger partial charge is 0.368 e. The van der Waals surface area contributed by atoms with E-state index in [1.165, 1.54) is 0 Å². The summed E-state index contributed by atoms with van der Waals surface area (Å²) in [6, 6.07) is 0. The average molecular weight is 252 g/mol. The van der Waals surface area contributed by atoms with E-state index in [2.05, 4.69) is 37.1 Å². The molecule has 17 heavy (non-hydrogen) atoms. The van der Waals surface area contributed by atoms with Crippen LogP contribution >= 0.6 is 11.8 Å². The maximum atomic E-state index is 4.43. The molecule has 92 valence electrons. The molecule has 0 saturated heterocycles. The Bertz CT molecular complexity index is 483. The third-order valence-electron chi connectivity index (χ3n) is 2.24. The molecule has 0 spiro atoms. The molecule has 2 rings (SSSR count). The Morgan fingerprint density at radius 3 is 3.00 bits per heavy atom. The van der Waals surface area contributed by atoms with Gasteiger partial charge in [-0.3, -0.25) is 5.10 Å². The van der Waals surface area contributed by atoms with Gasteiger partial charge in [-0.15, -0.1) is 0 Å². The summed E-state index contributed by atoms with van der Waals surface area (Å²) in [4.78, 5) is 8.76. The lowest BCUT2D eigenvalue weighted by Crippen LogP contribution is -2.09. The number of nitrogens with one attached hydrogen (secondary N) is 3. The monoisotopic (exact) mass is 252 g/mol. The Morgan fingerprint density at radius 1 is 1.35 bits per heavy atom. The predicted octanol–water partition coefficient (Wildman–Crippen LogP) is 1.56. The normalized spacial score (nSPS) is 10.7. The van der Waals surface area contributed by atoms with Crippen molar-refractivity contribution in [1.29, 1.82) is 0 Å². The van der Waals surface area contributed by atoms with E-state index in [0.29, 0.717) is 5.95 Å². The standard InChI is InChI=1S/C10H16N6S/c1-3-11-10-14-8(12-4-5-17-2)7-6-13-16-9(7)15-10/h6H,3-5H2,1-2H3,(H3,11,12,13,14,15,16). The van der Waals surface area contributed by atoms with Crippen LogP contribution < -0.4 is 10.6 Å². The Hall–Kier alpha value is -1.50. The van der Waals surface area contributed by atoms with Crippen molar-refractivity contribution in [3.8, 4) is 0 Å². The molecule has 0 amide bonds. The van der Waals surface area contributed by atoms with Gasteiger partial charge in [0.2, 0.25) is 5.95 Å². The minimum atomic E-state index is 0.621. The number of hydrogen-bond donors (Lipinski definition) is 3. The first-order valence-electron chi connectivity index (χ1n) is 5.53. The average Bonchev–Trinajstić information content (AvgIpc) is 2.78. The Labute approximate surface area is 104 Å². The van der Waals surface area contributed by atoms with E-state index < -0.39 is 0 Å². The van der Waals surface area contributed by atoms with Gasteiger partial charge in [0, 0.05) is 18.8 Å². The molecule has 3 N–H and O–H groups in total. The maximum Gasteiger partial charge on any atom is 0.226 e. The summed E-state index contributed by atoms with van der Waals surface area (Å²) in [5.41, 5.74) is 0.752. The van der Waals surface area contributed by atoms with E-state index >= 15 is 0 Å². The van der Waals surface area contributed by atoms with Crippen molar-refractivity contribution in [3.05, 3.63) is 6.20 Å². The van der Waals surface area contributed by atoms with E-state index in [0.717, 1.165) is 35.7 Å². The van der Waals surface area contributed by atoms with Gasteiger partial charge in [-0.2, -0.15) is 26.8 Å². The topological polar surface area (TPSA) is 78.5 Å². The summed E-state index contributed by atoms with van der Waals surface area (Å²) < 4.78 is 0. The quantitative estimate of drug-likeness (QED) is 0.677. The summed E-state index contributed by atoms with van der Waals surface area (Å²) in [7, 11) is 0. The van der Waals surface area contributed by atoms with Crippen molar-refractivity contribution in [2.24, 2.45) is 0 Å². The van der Waals surface area contributed by atoms with E-state index in [1.54, 1.807) is 18.0 Å². The molecule has 0 aromatic carbocycles. The SMILES string of the molecule is CCNc1nc(NCCSC)c2cn[nH]c2n1. The number of aromatic amines is 1. The van der Waals surface area contributed by atoms with E-state index in [-0.39, 0.29) is 0 Å². The van der Waals surface area contributed by atoms with Gasteiger partial charge in [-0.05, 0) is 13.2 Å². The van der Waals surface area contributed by atoms with E-state index in [4.69, 9.17) is 0 Å². The molecule has 0 bridgehead atoms. The molecule has 0 aliphatic carbocycles. The van der Waals surface area contributed by atoms with Crippen LogP contribution in [0.5, 0.6) is 0 Å². The molecule has 0 saturated carbocycles. The van der Waals surface area contributed by atoms with Gasteiger partial charge in [0.15, 0.2) is 5.65 Å². The van der Waals surface area contributed by atoms with Crippen molar-refractivity contribution in [2.45, 2.75) is 6.92 Å². The zero-order valence-electron chi connectivity index (χ0n) is 9.95. The van der Waals surface area contributed by atoms with Gasteiger partial charge in [-0.25, -0.2) is 0 Å². The summed E-state index contributed by atoms with van der Waals surface area (Å²) in [6.45, 7) is 3.69. The van der Waals surface area contributed by atoms with Crippen molar-refractivity contribution in [3.63, 3.8) is 0 Å². The minimum Gasteiger partial charge on any atom is -0.368 e. The molecular weight excluding hydrogens is 236 g/mol. The smallest absolute Gasteiger partial charge is 0.226 e. The van der Waals surface area contributed by atoms with Crippen LogP contribution in [0, 0.1) is 0 Å². The van der Waals surface area contributed by atoms with Crippen LogP contribution in [0.2, 0.25) is 0 Å². The molecule has 7 heteroatoms. The third-order valence-corrected chi connectivity index (χ3v) is 2.86. The first kappa shape index (κ1) is 12.0. The maximum absolute atomic E-state index is 4.43. The van der Waals surface area contributed by atoms with Crippen LogP contribution in [-0.2, 0) is 0 Å². The predicted molar refractivity (Wildman–Crippen MR) is 72.7 cm³/mol. The third kappa shape index (κ3) is 2.79. The van der Waals surface area contributed by atoms with Crippen molar-refractivity contribution >= 4 is 34.6 Å². The molecule has 0 unspecified atom stereocenters. The molecule has 2 heterocycles. The summed E-state index contributed by atoms with van der Waals surface area (Å²) in [5, 5.41) is 14.2. The number of H-pyrrole nitrogens is 1. The first-order valence-corrected chi connectivity index (χ1v) is 6.92. The van der Waals surface area contributed by atoms with Gasteiger partial charge >= 0.3 is 0 Å². The van der Waals surface area contributed by atoms with Crippen molar-refractivity contribution in [1.82, 2.24) is 20.2 Å². The fraction of sp³-hybridized carbons (Fsp3) is 0.500. The lowest BCUT2D eigenvalue weighted by molar-refractivity contribution is 1.06. The Morgan fingerprint density at radius 2 is 2.24 bits per heavy atom. The first-order chi connectivity index (χ1) is 8.35. The number of hydrogen-bond acceptors (Lipinski definition) is 6. The lowest BCUT2D eigenvalue weighted by Gasteiger charge is -2.08. The van der Waals surface area contributed by atoms with Crippen LogP contribution in [-0.4, -0.2) is 45.3 Å². The number of aromatic nitrogens is 4. The number of thioether (sulfide) groups is 1. The highest BCUT2D eigenvalue weighted by Gasteiger charge is 2.08. The highest BCUT2D eigenvalue weighted by atomic mass is 32.2. The van der Waals surface area contributed by atoms with Gasteiger partial charge in [0.05, 0.1) is 11.6 Å². The molecule has 2 aromatic heterocycles. The minimum absolute atomic E-state index is 0.621. The van der Waals surface area contributed by atoms with E-state index in [9.17, 15) is 0 Å².